The second-order valence-corrected chi connectivity index (χ2v) is 9.28. The van der Waals surface area contributed by atoms with Gasteiger partial charge in [0.05, 0.1) is 0 Å². The van der Waals surface area contributed by atoms with Gasteiger partial charge in [-0.05, 0) is 32.1 Å². The predicted octanol–water partition coefficient (Wildman–Crippen LogP) is 2.13. The lowest BCUT2D eigenvalue weighted by molar-refractivity contribution is -0.123. The number of sulfone groups is 1. The molecule has 0 bridgehead atoms. The van der Waals surface area contributed by atoms with Gasteiger partial charge in [0.25, 0.3) is 0 Å². The summed E-state index contributed by atoms with van der Waals surface area (Å²) in [5.74, 6) is -0.433. The molecule has 0 atom stereocenters. The van der Waals surface area contributed by atoms with Crippen molar-refractivity contribution in [1.82, 2.24) is 5.32 Å². The van der Waals surface area contributed by atoms with E-state index >= 15 is 0 Å². The fourth-order valence-corrected chi connectivity index (χ4v) is 2.02. The SMILES string of the molecule is CC(C)(CCCBr)CNC(=O)C(C)(C)S(C)(=O)=O. The molecule has 0 aliphatic rings. The molecule has 18 heavy (non-hydrogen) atoms. The maximum atomic E-state index is 11.9. The molecular formula is C12H24BrNO3S. The van der Waals surface area contributed by atoms with Gasteiger partial charge in [-0.3, -0.25) is 4.79 Å². The van der Waals surface area contributed by atoms with Crippen molar-refractivity contribution >= 4 is 31.7 Å². The third-order valence-corrected chi connectivity index (χ3v) is 5.79. The van der Waals surface area contributed by atoms with Crippen molar-refractivity contribution in [3.8, 4) is 0 Å². The first-order valence-electron chi connectivity index (χ1n) is 5.98. The number of carbonyl (C=O) groups is 1. The van der Waals surface area contributed by atoms with Crippen molar-refractivity contribution in [1.29, 1.82) is 0 Å². The van der Waals surface area contributed by atoms with E-state index in [-0.39, 0.29) is 5.41 Å². The molecule has 0 aromatic heterocycles. The molecule has 1 amide bonds. The Balaban J connectivity index is 4.52. The number of amides is 1. The van der Waals surface area contributed by atoms with Gasteiger partial charge in [0.15, 0.2) is 9.84 Å². The van der Waals surface area contributed by atoms with Crippen molar-refractivity contribution in [2.75, 3.05) is 18.1 Å². The van der Waals surface area contributed by atoms with Crippen LogP contribution in [0.3, 0.4) is 0 Å². The normalized spacial score (nSPS) is 13.4. The Morgan fingerprint density at radius 1 is 1.22 bits per heavy atom. The minimum absolute atomic E-state index is 0.0307. The van der Waals surface area contributed by atoms with Crippen LogP contribution in [0.1, 0.15) is 40.5 Å². The third-order valence-electron chi connectivity index (χ3n) is 3.19. The summed E-state index contributed by atoms with van der Waals surface area (Å²) in [7, 11) is -3.41. The van der Waals surface area contributed by atoms with Crippen LogP contribution < -0.4 is 5.32 Å². The maximum absolute atomic E-state index is 11.9. The van der Waals surface area contributed by atoms with Crippen LogP contribution in [0.15, 0.2) is 0 Å². The van der Waals surface area contributed by atoms with Gasteiger partial charge in [0, 0.05) is 18.1 Å². The van der Waals surface area contributed by atoms with Gasteiger partial charge < -0.3 is 5.32 Å². The Kier molecular flexibility index (Phi) is 6.33. The molecular weight excluding hydrogens is 318 g/mol. The molecule has 0 heterocycles. The Bertz CT molecular complexity index is 388. The fourth-order valence-electron chi connectivity index (χ4n) is 1.33. The summed E-state index contributed by atoms with van der Waals surface area (Å²) in [6.45, 7) is 7.47. The van der Waals surface area contributed by atoms with Gasteiger partial charge in [-0.2, -0.15) is 0 Å². The zero-order chi connectivity index (χ0) is 14.6. The molecule has 0 aliphatic carbocycles. The molecule has 0 aromatic carbocycles. The van der Waals surface area contributed by atoms with Crippen molar-refractivity contribution < 1.29 is 13.2 Å². The van der Waals surface area contributed by atoms with E-state index in [1.807, 2.05) is 0 Å². The molecule has 4 nitrogen and oxygen atoms in total. The first-order valence-corrected chi connectivity index (χ1v) is 8.99. The summed E-state index contributed by atoms with van der Waals surface area (Å²) in [6, 6.07) is 0. The van der Waals surface area contributed by atoms with Crippen LogP contribution in [0.4, 0.5) is 0 Å². The number of carbonyl (C=O) groups excluding carboxylic acids is 1. The van der Waals surface area contributed by atoms with E-state index in [1.165, 1.54) is 13.8 Å². The van der Waals surface area contributed by atoms with Gasteiger partial charge in [-0.15, -0.1) is 0 Å². The van der Waals surface area contributed by atoms with Crippen LogP contribution in [0.2, 0.25) is 0 Å². The topological polar surface area (TPSA) is 63.2 Å². The van der Waals surface area contributed by atoms with Crippen molar-refractivity contribution in [2.45, 2.75) is 45.3 Å². The second kappa shape index (κ2) is 6.37. The largest absolute Gasteiger partial charge is 0.354 e. The lowest BCUT2D eigenvalue weighted by Crippen LogP contribution is -2.49. The number of halogens is 1. The summed E-state index contributed by atoms with van der Waals surface area (Å²) >= 11 is 3.37. The molecule has 6 heteroatoms. The molecule has 0 rings (SSSR count). The summed E-state index contributed by atoms with van der Waals surface area (Å²) in [4.78, 5) is 11.9. The Hall–Kier alpha value is -0.100. The number of nitrogens with one attached hydrogen (secondary N) is 1. The Morgan fingerprint density at radius 3 is 2.11 bits per heavy atom. The molecule has 108 valence electrons. The number of alkyl halides is 1. The molecule has 0 aromatic rings. The van der Waals surface area contributed by atoms with E-state index in [2.05, 4.69) is 35.1 Å². The van der Waals surface area contributed by atoms with E-state index < -0.39 is 20.5 Å². The highest BCUT2D eigenvalue weighted by Gasteiger charge is 2.38. The smallest absolute Gasteiger partial charge is 0.240 e. The lowest BCUT2D eigenvalue weighted by atomic mass is 9.88. The zero-order valence-electron chi connectivity index (χ0n) is 11.8. The van der Waals surface area contributed by atoms with E-state index in [0.29, 0.717) is 6.54 Å². The molecule has 0 saturated carbocycles. The molecule has 0 spiro atoms. The first-order chi connectivity index (χ1) is 7.94. The van der Waals surface area contributed by atoms with Crippen LogP contribution in [-0.4, -0.2) is 37.2 Å². The molecule has 0 aliphatic heterocycles. The zero-order valence-corrected chi connectivity index (χ0v) is 14.2. The second-order valence-electron chi connectivity index (χ2n) is 5.92. The van der Waals surface area contributed by atoms with Gasteiger partial charge in [0.1, 0.15) is 4.75 Å². The van der Waals surface area contributed by atoms with Gasteiger partial charge in [0.2, 0.25) is 5.91 Å². The average Bonchev–Trinajstić information content (AvgIpc) is 2.21. The summed E-state index contributed by atoms with van der Waals surface area (Å²) in [5.41, 5.74) is -0.0307. The van der Waals surface area contributed by atoms with Gasteiger partial charge in [-0.1, -0.05) is 29.8 Å². The Morgan fingerprint density at radius 2 is 1.72 bits per heavy atom. The summed E-state index contributed by atoms with van der Waals surface area (Å²) < 4.78 is 21.7. The fraction of sp³-hybridized carbons (Fsp3) is 0.917. The predicted molar refractivity (Wildman–Crippen MR) is 78.7 cm³/mol. The van der Waals surface area contributed by atoms with Crippen LogP contribution in [-0.2, 0) is 14.6 Å². The Labute approximate surface area is 119 Å². The molecule has 1 N–H and O–H groups in total. The van der Waals surface area contributed by atoms with E-state index in [9.17, 15) is 13.2 Å². The lowest BCUT2D eigenvalue weighted by Gasteiger charge is -2.28. The molecule has 0 fully saturated rings. The number of rotatable bonds is 7. The summed E-state index contributed by atoms with van der Waals surface area (Å²) in [5, 5.41) is 3.68. The van der Waals surface area contributed by atoms with E-state index in [1.54, 1.807) is 0 Å². The van der Waals surface area contributed by atoms with Crippen LogP contribution >= 0.6 is 15.9 Å². The van der Waals surface area contributed by atoms with Crippen LogP contribution in [0.5, 0.6) is 0 Å². The van der Waals surface area contributed by atoms with Crippen LogP contribution in [0, 0.1) is 5.41 Å². The van der Waals surface area contributed by atoms with Gasteiger partial charge in [-0.25, -0.2) is 8.42 Å². The maximum Gasteiger partial charge on any atom is 0.240 e. The summed E-state index contributed by atoms with van der Waals surface area (Å²) in [6.07, 6.45) is 3.08. The number of hydrogen-bond donors (Lipinski definition) is 1. The highest BCUT2D eigenvalue weighted by molar-refractivity contribution is 9.09. The molecule has 0 unspecified atom stereocenters. The van der Waals surface area contributed by atoms with Crippen molar-refractivity contribution in [2.24, 2.45) is 5.41 Å². The van der Waals surface area contributed by atoms with E-state index in [4.69, 9.17) is 0 Å². The minimum atomic E-state index is -3.41. The molecule has 0 saturated heterocycles. The van der Waals surface area contributed by atoms with Crippen LogP contribution in [0.25, 0.3) is 0 Å². The first kappa shape index (κ1) is 17.9. The highest BCUT2D eigenvalue weighted by Crippen LogP contribution is 2.22. The quantitative estimate of drug-likeness (QED) is 0.721. The average molecular weight is 342 g/mol. The molecule has 0 radical (unpaired) electrons. The standard InChI is InChI=1S/C12H24BrNO3S/c1-11(2,7-6-8-13)9-14-10(15)12(3,4)18(5,16)17/h6-9H2,1-5H3,(H,14,15). The minimum Gasteiger partial charge on any atom is -0.354 e. The third kappa shape index (κ3) is 5.26. The van der Waals surface area contributed by atoms with Crippen molar-refractivity contribution in [3.63, 3.8) is 0 Å². The number of hydrogen-bond acceptors (Lipinski definition) is 3. The van der Waals surface area contributed by atoms with Gasteiger partial charge >= 0.3 is 0 Å². The monoisotopic (exact) mass is 341 g/mol. The highest BCUT2D eigenvalue weighted by atomic mass is 79.9. The van der Waals surface area contributed by atoms with E-state index in [0.717, 1.165) is 24.4 Å². The van der Waals surface area contributed by atoms with Crippen molar-refractivity contribution in [3.05, 3.63) is 0 Å².